The Hall–Kier alpha value is -3.06. The topological polar surface area (TPSA) is 59.8 Å². The molecule has 7 heteroatoms. The molecule has 170 valence electrons. The second-order valence-corrected chi connectivity index (χ2v) is 8.72. The first kappa shape index (κ1) is 22.1. The van der Waals surface area contributed by atoms with Crippen LogP contribution in [0.1, 0.15) is 31.9 Å². The molecule has 1 aliphatic carbocycles. The van der Waals surface area contributed by atoms with Gasteiger partial charge >= 0.3 is 6.03 Å². The van der Waals surface area contributed by atoms with Gasteiger partial charge in [-0.1, -0.05) is 18.2 Å². The van der Waals surface area contributed by atoms with E-state index < -0.39 is 5.60 Å². The molecule has 1 aromatic carbocycles. The van der Waals surface area contributed by atoms with E-state index in [2.05, 4.69) is 34.1 Å². The van der Waals surface area contributed by atoms with E-state index in [0.717, 1.165) is 43.0 Å². The number of rotatable bonds is 5. The molecule has 0 bridgehead atoms. The van der Waals surface area contributed by atoms with E-state index in [-0.39, 0.29) is 12.1 Å². The lowest BCUT2D eigenvalue weighted by molar-refractivity contribution is 0.0362. The first-order valence-electron chi connectivity index (χ1n) is 11.1. The number of nitrogens with zero attached hydrogens (tertiary/aromatic N) is 4. The summed E-state index contributed by atoms with van der Waals surface area (Å²) in [5, 5.41) is 0. The molecule has 32 heavy (non-hydrogen) atoms. The van der Waals surface area contributed by atoms with E-state index in [9.17, 15) is 4.79 Å². The van der Waals surface area contributed by atoms with Crippen molar-refractivity contribution < 1.29 is 14.3 Å². The minimum Gasteiger partial charge on any atom is -0.501 e. The maximum absolute atomic E-state index is 13.1. The Morgan fingerprint density at radius 1 is 1.19 bits per heavy atom. The lowest BCUT2D eigenvalue weighted by Gasteiger charge is -2.37. The second-order valence-electron chi connectivity index (χ2n) is 8.72. The van der Waals surface area contributed by atoms with Crippen molar-refractivity contribution in [1.82, 2.24) is 14.5 Å². The molecule has 1 atom stereocenters. The smallest absolute Gasteiger partial charge is 0.329 e. The van der Waals surface area contributed by atoms with Crippen molar-refractivity contribution in [3.8, 4) is 0 Å². The summed E-state index contributed by atoms with van der Waals surface area (Å²) in [6, 6.07) is 10.6. The Balaban J connectivity index is 1.43. The zero-order chi connectivity index (χ0) is 22.7. The maximum Gasteiger partial charge on any atom is 0.329 e. The van der Waals surface area contributed by atoms with Gasteiger partial charge in [0.2, 0.25) is 0 Å². The first-order chi connectivity index (χ1) is 15.4. The van der Waals surface area contributed by atoms with E-state index in [1.807, 2.05) is 37.1 Å². The predicted octanol–water partition coefficient (Wildman–Crippen LogP) is 4.17. The molecular formula is C25H32N4O3. The van der Waals surface area contributed by atoms with Gasteiger partial charge in [0.05, 0.1) is 24.2 Å². The quantitative estimate of drug-likeness (QED) is 0.704. The van der Waals surface area contributed by atoms with E-state index in [1.165, 1.54) is 5.69 Å². The van der Waals surface area contributed by atoms with Gasteiger partial charge in [0, 0.05) is 57.2 Å². The summed E-state index contributed by atoms with van der Waals surface area (Å²) in [6.07, 6.45) is 9.91. The summed E-state index contributed by atoms with van der Waals surface area (Å²) in [5.74, 6) is 0.829. The highest BCUT2D eigenvalue weighted by Crippen LogP contribution is 2.33. The van der Waals surface area contributed by atoms with Crippen molar-refractivity contribution in [3.63, 3.8) is 0 Å². The van der Waals surface area contributed by atoms with Crippen LogP contribution < -0.4 is 4.90 Å². The average molecular weight is 437 g/mol. The van der Waals surface area contributed by atoms with Crippen LogP contribution in [0.25, 0.3) is 5.57 Å². The van der Waals surface area contributed by atoms with E-state index in [0.29, 0.717) is 6.42 Å². The Morgan fingerprint density at radius 2 is 1.91 bits per heavy atom. The highest BCUT2D eigenvalue weighted by Gasteiger charge is 2.30. The summed E-state index contributed by atoms with van der Waals surface area (Å²) in [5.41, 5.74) is 2.39. The van der Waals surface area contributed by atoms with Crippen molar-refractivity contribution in [2.75, 3.05) is 39.3 Å². The monoisotopic (exact) mass is 436 g/mol. The number of amides is 1. The summed E-state index contributed by atoms with van der Waals surface area (Å²) in [4.78, 5) is 21.9. The average Bonchev–Trinajstić information content (AvgIpc) is 3.34. The number of allylic oxidation sites excluding steroid dienone is 2. The van der Waals surface area contributed by atoms with Gasteiger partial charge in [-0.15, -0.1) is 0 Å². The third-order valence-corrected chi connectivity index (χ3v) is 6.57. The fourth-order valence-corrected chi connectivity index (χ4v) is 4.47. The Bertz CT molecular complexity index is 1010. The van der Waals surface area contributed by atoms with Crippen molar-refractivity contribution in [2.45, 2.75) is 37.8 Å². The standard InChI is InChI=1S/C25H32N4O3/c1-25(32-4)15-19(14-22(16-25)31-3)23-17-29(18-26-23)24(30)27(2)20-10-12-28(13-11-20)21-8-6-5-7-9-21/h5-9,14-15,17-18,20H,10-13,16H2,1-4H3. The first-order valence-corrected chi connectivity index (χ1v) is 11.1. The van der Waals surface area contributed by atoms with E-state index in [1.54, 1.807) is 31.3 Å². The second kappa shape index (κ2) is 9.20. The van der Waals surface area contributed by atoms with Gasteiger partial charge in [0.25, 0.3) is 0 Å². The molecule has 2 aromatic rings. The van der Waals surface area contributed by atoms with Crippen LogP contribution in [0.2, 0.25) is 0 Å². The van der Waals surface area contributed by atoms with Gasteiger partial charge in [0.1, 0.15) is 6.33 Å². The van der Waals surface area contributed by atoms with Crippen molar-refractivity contribution in [2.24, 2.45) is 0 Å². The summed E-state index contributed by atoms with van der Waals surface area (Å²) in [6.45, 7) is 3.89. The fourth-order valence-electron chi connectivity index (χ4n) is 4.47. The zero-order valence-electron chi connectivity index (χ0n) is 19.3. The summed E-state index contributed by atoms with van der Waals surface area (Å²) in [7, 11) is 5.23. The molecule has 0 saturated carbocycles. The fraction of sp³-hybridized carbons (Fsp3) is 0.440. The van der Waals surface area contributed by atoms with Crippen LogP contribution >= 0.6 is 0 Å². The Morgan fingerprint density at radius 3 is 2.56 bits per heavy atom. The zero-order valence-corrected chi connectivity index (χ0v) is 19.3. The van der Waals surface area contributed by atoms with Crippen molar-refractivity contribution >= 4 is 17.3 Å². The number of hydrogen-bond donors (Lipinski definition) is 0. The van der Waals surface area contributed by atoms with Crippen LogP contribution in [0.15, 0.2) is 60.8 Å². The third kappa shape index (κ3) is 4.58. The summed E-state index contributed by atoms with van der Waals surface area (Å²) >= 11 is 0. The van der Waals surface area contributed by atoms with Gasteiger partial charge in [-0.25, -0.2) is 9.78 Å². The number of anilines is 1. The lowest BCUT2D eigenvalue weighted by atomic mass is 9.90. The van der Waals surface area contributed by atoms with Gasteiger partial charge < -0.3 is 19.3 Å². The number of carbonyl (C=O) groups is 1. The largest absolute Gasteiger partial charge is 0.501 e. The molecular weight excluding hydrogens is 404 g/mol. The number of methoxy groups -OCH3 is 2. The molecule has 1 aromatic heterocycles. The van der Waals surface area contributed by atoms with Gasteiger partial charge in [-0.2, -0.15) is 0 Å². The maximum atomic E-state index is 13.1. The molecule has 1 amide bonds. The van der Waals surface area contributed by atoms with Crippen LogP contribution in [0.5, 0.6) is 0 Å². The normalized spacial score (nSPS) is 21.7. The molecule has 4 rings (SSSR count). The SMILES string of the molecule is COC1=CC(c2cn(C(=O)N(C)C3CCN(c4ccccc4)CC3)cn2)=CC(C)(OC)C1. The highest BCUT2D eigenvalue weighted by molar-refractivity contribution is 5.80. The van der Waals surface area contributed by atoms with Crippen LogP contribution in [0, 0.1) is 0 Å². The Kier molecular flexibility index (Phi) is 6.37. The number of para-hydroxylation sites is 1. The molecule has 0 radical (unpaired) electrons. The number of hydrogen-bond acceptors (Lipinski definition) is 5. The van der Waals surface area contributed by atoms with Crippen LogP contribution in [-0.2, 0) is 9.47 Å². The predicted molar refractivity (Wildman–Crippen MR) is 126 cm³/mol. The van der Waals surface area contributed by atoms with Gasteiger partial charge in [0.15, 0.2) is 0 Å². The molecule has 1 fully saturated rings. The number of aromatic nitrogens is 2. The molecule has 2 aliphatic rings. The molecule has 0 spiro atoms. The third-order valence-electron chi connectivity index (χ3n) is 6.57. The van der Waals surface area contributed by atoms with Crippen LogP contribution in [0.3, 0.4) is 0 Å². The molecule has 7 nitrogen and oxygen atoms in total. The van der Waals surface area contributed by atoms with Crippen LogP contribution in [0.4, 0.5) is 10.5 Å². The van der Waals surface area contributed by atoms with Gasteiger partial charge in [-0.3, -0.25) is 4.57 Å². The number of benzene rings is 1. The molecule has 1 saturated heterocycles. The number of ether oxygens (including phenoxy) is 2. The number of imidazole rings is 1. The molecule has 1 unspecified atom stereocenters. The number of piperidine rings is 1. The Labute approximate surface area is 189 Å². The van der Waals surface area contributed by atoms with Gasteiger partial charge in [-0.05, 0) is 44.1 Å². The molecule has 1 aliphatic heterocycles. The van der Waals surface area contributed by atoms with E-state index >= 15 is 0 Å². The van der Waals surface area contributed by atoms with Crippen molar-refractivity contribution in [1.29, 1.82) is 0 Å². The van der Waals surface area contributed by atoms with Crippen LogP contribution in [-0.4, -0.2) is 66.5 Å². The minimum absolute atomic E-state index is 0.0660. The van der Waals surface area contributed by atoms with Crippen molar-refractivity contribution in [3.05, 3.63) is 66.5 Å². The number of carbonyl (C=O) groups excluding carboxylic acids is 1. The van der Waals surface area contributed by atoms with E-state index in [4.69, 9.17) is 9.47 Å². The minimum atomic E-state index is -0.466. The molecule has 0 N–H and O–H groups in total. The molecule has 2 heterocycles. The highest BCUT2D eigenvalue weighted by atomic mass is 16.5. The lowest BCUT2D eigenvalue weighted by Crippen LogP contribution is -2.46. The summed E-state index contributed by atoms with van der Waals surface area (Å²) < 4.78 is 12.7.